The fourth-order valence-electron chi connectivity index (χ4n) is 3.00. The monoisotopic (exact) mass is 243 g/mol. The van der Waals surface area contributed by atoms with Gasteiger partial charge >= 0.3 is 0 Å². The van der Waals surface area contributed by atoms with Crippen molar-refractivity contribution in [1.29, 1.82) is 0 Å². The van der Waals surface area contributed by atoms with Gasteiger partial charge in [0.15, 0.2) is 0 Å². The van der Waals surface area contributed by atoms with Crippen LogP contribution in [-0.2, 0) is 4.74 Å². The SMILES string of the molecule is CN(CC1(O)CCOCC1)C1CCC(O)CC1. The molecule has 100 valence electrons. The molecule has 1 aliphatic heterocycles. The second kappa shape index (κ2) is 5.65. The Hall–Kier alpha value is -0.160. The first-order valence-electron chi connectivity index (χ1n) is 6.77. The third-order valence-corrected chi connectivity index (χ3v) is 4.26. The summed E-state index contributed by atoms with van der Waals surface area (Å²) in [5.74, 6) is 0. The zero-order chi connectivity index (χ0) is 12.3. The third kappa shape index (κ3) is 3.65. The Morgan fingerprint density at radius 1 is 1.18 bits per heavy atom. The fourth-order valence-corrected chi connectivity index (χ4v) is 3.00. The molecule has 2 fully saturated rings. The number of likely N-dealkylation sites (N-methyl/N-ethyl adjacent to an activating group) is 1. The summed E-state index contributed by atoms with van der Waals surface area (Å²) in [6, 6.07) is 0.519. The molecule has 0 spiro atoms. The zero-order valence-electron chi connectivity index (χ0n) is 10.8. The molecule has 1 saturated heterocycles. The molecule has 0 aromatic carbocycles. The molecule has 0 unspecified atom stereocenters. The maximum Gasteiger partial charge on any atom is 0.0817 e. The number of aliphatic hydroxyl groups excluding tert-OH is 1. The number of ether oxygens (including phenoxy) is 1. The molecule has 2 aliphatic rings. The molecule has 2 N–H and O–H groups in total. The number of rotatable bonds is 3. The van der Waals surface area contributed by atoms with Gasteiger partial charge in [-0.3, -0.25) is 0 Å². The summed E-state index contributed by atoms with van der Waals surface area (Å²) >= 11 is 0. The standard InChI is InChI=1S/C13H25NO3/c1-14(11-2-4-12(15)5-3-11)10-13(16)6-8-17-9-7-13/h11-12,15-16H,2-10H2,1H3. The van der Waals surface area contributed by atoms with Crippen LogP contribution in [0, 0.1) is 0 Å². The molecule has 1 aliphatic carbocycles. The van der Waals surface area contributed by atoms with E-state index < -0.39 is 5.60 Å². The Balaban J connectivity index is 1.81. The van der Waals surface area contributed by atoms with Crippen LogP contribution in [0.1, 0.15) is 38.5 Å². The van der Waals surface area contributed by atoms with Gasteiger partial charge in [0.25, 0.3) is 0 Å². The van der Waals surface area contributed by atoms with Crippen molar-refractivity contribution in [2.24, 2.45) is 0 Å². The van der Waals surface area contributed by atoms with Crippen LogP contribution >= 0.6 is 0 Å². The highest BCUT2D eigenvalue weighted by atomic mass is 16.5. The van der Waals surface area contributed by atoms with Crippen LogP contribution in [0.25, 0.3) is 0 Å². The number of nitrogens with zero attached hydrogens (tertiary/aromatic N) is 1. The predicted octanol–water partition coefficient (Wildman–Crippen LogP) is 0.763. The van der Waals surface area contributed by atoms with Crippen LogP contribution in [0.4, 0.5) is 0 Å². The maximum absolute atomic E-state index is 10.5. The van der Waals surface area contributed by atoms with Gasteiger partial charge in [-0.05, 0) is 32.7 Å². The average Bonchev–Trinajstić information content (AvgIpc) is 2.30. The molecule has 1 heterocycles. The summed E-state index contributed by atoms with van der Waals surface area (Å²) in [6.07, 6.45) is 5.27. The van der Waals surface area contributed by atoms with Gasteiger partial charge in [-0.2, -0.15) is 0 Å². The highest BCUT2D eigenvalue weighted by Crippen LogP contribution is 2.26. The van der Waals surface area contributed by atoms with Crippen molar-refractivity contribution in [3.8, 4) is 0 Å². The minimum absolute atomic E-state index is 0.106. The molecule has 4 nitrogen and oxygen atoms in total. The molecule has 1 saturated carbocycles. The highest BCUT2D eigenvalue weighted by molar-refractivity contribution is 4.87. The van der Waals surface area contributed by atoms with Crippen molar-refractivity contribution in [3.63, 3.8) is 0 Å². The topological polar surface area (TPSA) is 52.9 Å². The number of hydrogen-bond acceptors (Lipinski definition) is 4. The van der Waals surface area contributed by atoms with Gasteiger partial charge < -0.3 is 19.8 Å². The van der Waals surface area contributed by atoms with Crippen LogP contribution in [0.5, 0.6) is 0 Å². The second-order valence-electron chi connectivity index (χ2n) is 5.71. The molecule has 0 radical (unpaired) electrons. The summed E-state index contributed by atoms with van der Waals surface area (Å²) in [7, 11) is 2.09. The lowest BCUT2D eigenvalue weighted by atomic mass is 9.89. The summed E-state index contributed by atoms with van der Waals surface area (Å²) < 4.78 is 5.29. The molecule has 0 aromatic heterocycles. The summed E-state index contributed by atoms with van der Waals surface area (Å²) in [5.41, 5.74) is -0.566. The van der Waals surface area contributed by atoms with Gasteiger partial charge in [-0.1, -0.05) is 0 Å². The van der Waals surface area contributed by atoms with Gasteiger partial charge in [0.2, 0.25) is 0 Å². The first-order valence-corrected chi connectivity index (χ1v) is 6.77. The normalized spacial score (nSPS) is 33.9. The second-order valence-corrected chi connectivity index (χ2v) is 5.71. The average molecular weight is 243 g/mol. The molecule has 4 heteroatoms. The van der Waals surface area contributed by atoms with E-state index in [9.17, 15) is 10.2 Å². The molecule has 2 rings (SSSR count). The molecule has 0 aromatic rings. The number of aliphatic hydroxyl groups is 2. The van der Waals surface area contributed by atoms with Gasteiger partial charge in [0, 0.05) is 38.6 Å². The Labute approximate surface area is 104 Å². The Bertz CT molecular complexity index is 233. The predicted molar refractivity (Wildman–Crippen MR) is 65.9 cm³/mol. The Morgan fingerprint density at radius 2 is 1.76 bits per heavy atom. The quantitative estimate of drug-likeness (QED) is 0.768. The van der Waals surface area contributed by atoms with E-state index in [-0.39, 0.29) is 6.10 Å². The van der Waals surface area contributed by atoms with Crippen molar-refractivity contribution in [1.82, 2.24) is 4.90 Å². The first-order chi connectivity index (χ1) is 8.09. The minimum Gasteiger partial charge on any atom is -0.393 e. The summed E-state index contributed by atoms with van der Waals surface area (Å²) in [5, 5.41) is 19.9. The van der Waals surface area contributed by atoms with Crippen molar-refractivity contribution in [2.45, 2.75) is 56.3 Å². The lowest BCUT2D eigenvalue weighted by Gasteiger charge is -2.40. The minimum atomic E-state index is -0.566. The lowest BCUT2D eigenvalue weighted by molar-refractivity contribution is -0.0841. The fraction of sp³-hybridized carbons (Fsp3) is 1.00. The van der Waals surface area contributed by atoms with Crippen LogP contribution in [0.15, 0.2) is 0 Å². The Morgan fingerprint density at radius 3 is 2.35 bits per heavy atom. The van der Waals surface area contributed by atoms with Gasteiger partial charge in [0.1, 0.15) is 0 Å². The van der Waals surface area contributed by atoms with Crippen molar-refractivity contribution in [3.05, 3.63) is 0 Å². The van der Waals surface area contributed by atoms with Crippen molar-refractivity contribution in [2.75, 3.05) is 26.8 Å². The van der Waals surface area contributed by atoms with E-state index in [1.807, 2.05) is 0 Å². The highest BCUT2D eigenvalue weighted by Gasteiger charge is 2.33. The van der Waals surface area contributed by atoms with Crippen molar-refractivity contribution < 1.29 is 14.9 Å². The van der Waals surface area contributed by atoms with Crippen LogP contribution in [-0.4, -0.2) is 59.7 Å². The van der Waals surface area contributed by atoms with E-state index in [1.165, 1.54) is 0 Å². The van der Waals surface area contributed by atoms with E-state index in [0.717, 1.165) is 45.1 Å². The van der Waals surface area contributed by atoms with Crippen LogP contribution in [0.3, 0.4) is 0 Å². The summed E-state index contributed by atoms with van der Waals surface area (Å²) in [6.45, 7) is 2.08. The maximum atomic E-state index is 10.5. The molecule has 17 heavy (non-hydrogen) atoms. The van der Waals surface area contributed by atoms with Crippen molar-refractivity contribution >= 4 is 0 Å². The summed E-state index contributed by atoms with van der Waals surface area (Å²) in [4.78, 5) is 2.28. The van der Waals surface area contributed by atoms with E-state index in [0.29, 0.717) is 19.3 Å². The molecular formula is C13H25NO3. The van der Waals surface area contributed by atoms with E-state index in [1.54, 1.807) is 0 Å². The van der Waals surface area contributed by atoms with Crippen LogP contribution < -0.4 is 0 Å². The molecule has 0 amide bonds. The molecule has 0 bridgehead atoms. The zero-order valence-corrected chi connectivity index (χ0v) is 10.8. The molecule has 0 atom stereocenters. The first kappa shape index (κ1) is 13.3. The van der Waals surface area contributed by atoms with E-state index >= 15 is 0 Å². The number of hydrogen-bond donors (Lipinski definition) is 2. The van der Waals surface area contributed by atoms with Gasteiger partial charge in [0.05, 0.1) is 11.7 Å². The largest absolute Gasteiger partial charge is 0.393 e. The van der Waals surface area contributed by atoms with E-state index in [2.05, 4.69) is 11.9 Å². The Kier molecular flexibility index (Phi) is 4.42. The molecular weight excluding hydrogens is 218 g/mol. The van der Waals surface area contributed by atoms with Gasteiger partial charge in [-0.25, -0.2) is 0 Å². The smallest absolute Gasteiger partial charge is 0.0817 e. The third-order valence-electron chi connectivity index (χ3n) is 4.26. The van der Waals surface area contributed by atoms with E-state index in [4.69, 9.17) is 4.74 Å². The van der Waals surface area contributed by atoms with Gasteiger partial charge in [-0.15, -0.1) is 0 Å². The van der Waals surface area contributed by atoms with Crippen LogP contribution in [0.2, 0.25) is 0 Å². The lowest BCUT2D eigenvalue weighted by Crippen LogP contribution is -2.49.